The molecule has 1 N–H and O–H groups in total. The Bertz CT molecular complexity index is 482. The van der Waals surface area contributed by atoms with Crippen molar-refractivity contribution in [3.8, 4) is 0 Å². The monoisotopic (exact) mass is 292 g/mol. The third-order valence-corrected chi connectivity index (χ3v) is 4.41. The highest BCUT2D eigenvalue weighted by molar-refractivity contribution is 5.76. The first-order valence-electron chi connectivity index (χ1n) is 7.81. The van der Waals surface area contributed by atoms with Crippen molar-refractivity contribution in [2.24, 2.45) is 7.05 Å². The van der Waals surface area contributed by atoms with Gasteiger partial charge in [-0.3, -0.25) is 14.4 Å². The number of nitrogens with zero attached hydrogens (tertiary/aromatic N) is 3. The second-order valence-corrected chi connectivity index (χ2v) is 6.04. The lowest BCUT2D eigenvalue weighted by atomic mass is 10.1. The second-order valence-electron chi connectivity index (χ2n) is 6.04. The molecule has 6 nitrogen and oxygen atoms in total. The number of aromatic nitrogens is 2. The number of carbonyl (C=O) groups excluding carboxylic acids is 1. The molecular weight excluding hydrogens is 268 g/mol. The minimum atomic E-state index is 0.110. The van der Waals surface area contributed by atoms with Crippen LogP contribution in [0.3, 0.4) is 0 Å². The summed E-state index contributed by atoms with van der Waals surface area (Å²) in [6, 6.07) is 0.499. The molecule has 0 aliphatic carbocycles. The molecule has 3 heterocycles. The molecule has 2 aliphatic rings. The van der Waals surface area contributed by atoms with Crippen LogP contribution < -0.4 is 5.32 Å². The summed E-state index contributed by atoms with van der Waals surface area (Å²) in [5.41, 5.74) is 1.10. The predicted molar refractivity (Wildman–Crippen MR) is 78.9 cm³/mol. The number of ether oxygens (including phenoxy) is 1. The minimum absolute atomic E-state index is 0.110. The molecule has 116 valence electrons. The molecule has 0 saturated carbocycles. The molecule has 1 aromatic rings. The number of rotatable bonds is 5. The first kappa shape index (κ1) is 14.5. The van der Waals surface area contributed by atoms with Gasteiger partial charge in [0, 0.05) is 19.7 Å². The quantitative estimate of drug-likeness (QED) is 0.850. The van der Waals surface area contributed by atoms with Crippen LogP contribution >= 0.6 is 0 Å². The molecule has 2 fully saturated rings. The predicted octanol–water partition coefficient (Wildman–Crippen LogP) is 0.332. The number of likely N-dealkylation sites (tertiary alicyclic amines) is 1. The van der Waals surface area contributed by atoms with E-state index in [9.17, 15) is 4.79 Å². The summed E-state index contributed by atoms with van der Waals surface area (Å²) in [4.78, 5) is 14.6. The number of nitrogens with one attached hydrogen (secondary N) is 1. The third-order valence-electron chi connectivity index (χ3n) is 4.41. The summed E-state index contributed by atoms with van der Waals surface area (Å²) in [5.74, 6) is 0.110. The minimum Gasteiger partial charge on any atom is -0.378 e. The number of hydrogen-bond donors (Lipinski definition) is 1. The van der Waals surface area contributed by atoms with Crippen LogP contribution in [-0.4, -0.2) is 59.0 Å². The van der Waals surface area contributed by atoms with Gasteiger partial charge in [-0.1, -0.05) is 0 Å². The van der Waals surface area contributed by atoms with Gasteiger partial charge in [-0.15, -0.1) is 0 Å². The Balaban J connectivity index is 1.47. The topological polar surface area (TPSA) is 59.4 Å². The Kier molecular flexibility index (Phi) is 4.55. The van der Waals surface area contributed by atoms with Gasteiger partial charge >= 0.3 is 0 Å². The second kappa shape index (κ2) is 6.58. The highest BCUT2D eigenvalue weighted by atomic mass is 16.5. The first-order valence-corrected chi connectivity index (χ1v) is 7.81. The molecular formula is C15H24N4O2. The SMILES string of the molecule is Cn1cc(CCC(=O)N[C@H]2COC[C@@H]2N2CCCC2)cn1. The number of carbonyl (C=O) groups is 1. The number of amides is 1. The Morgan fingerprint density at radius 3 is 2.95 bits per heavy atom. The molecule has 3 rings (SSSR count). The van der Waals surface area contributed by atoms with Gasteiger partial charge in [0.2, 0.25) is 5.91 Å². The van der Waals surface area contributed by atoms with Crippen LogP contribution in [0.25, 0.3) is 0 Å². The lowest BCUT2D eigenvalue weighted by Gasteiger charge is -2.27. The summed E-state index contributed by atoms with van der Waals surface area (Å²) < 4.78 is 7.34. The summed E-state index contributed by atoms with van der Waals surface area (Å²) in [5, 5.41) is 7.27. The van der Waals surface area contributed by atoms with E-state index in [1.165, 1.54) is 12.8 Å². The van der Waals surface area contributed by atoms with E-state index < -0.39 is 0 Å². The third kappa shape index (κ3) is 3.63. The first-order chi connectivity index (χ1) is 10.2. The average Bonchev–Trinajstić information content (AvgIpc) is 3.16. The van der Waals surface area contributed by atoms with Crippen molar-refractivity contribution in [1.82, 2.24) is 20.0 Å². The van der Waals surface area contributed by atoms with Crippen LogP contribution in [0.2, 0.25) is 0 Å². The molecule has 2 atom stereocenters. The molecule has 2 aliphatic heterocycles. The van der Waals surface area contributed by atoms with Crippen molar-refractivity contribution < 1.29 is 9.53 Å². The van der Waals surface area contributed by atoms with E-state index in [0.29, 0.717) is 19.1 Å². The fourth-order valence-electron chi connectivity index (χ4n) is 3.25. The normalized spacial score (nSPS) is 26.3. The van der Waals surface area contributed by atoms with Crippen molar-refractivity contribution in [3.63, 3.8) is 0 Å². The Hall–Kier alpha value is -1.40. The van der Waals surface area contributed by atoms with E-state index in [1.807, 2.05) is 19.4 Å². The van der Waals surface area contributed by atoms with Crippen LogP contribution in [0.15, 0.2) is 12.4 Å². The van der Waals surface area contributed by atoms with Crippen LogP contribution in [0.5, 0.6) is 0 Å². The van der Waals surface area contributed by atoms with Gasteiger partial charge in [-0.05, 0) is 37.9 Å². The number of aryl methyl sites for hydroxylation is 2. The Labute approximate surface area is 125 Å². The Morgan fingerprint density at radius 1 is 1.43 bits per heavy atom. The van der Waals surface area contributed by atoms with E-state index >= 15 is 0 Å². The van der Waals surface area contributed by atoms with Crippen molar-refractivity contribution in [1.29, 1.82) is 0 Å². The lowest BCUT2D eigenvalue weighted by molar-refractivity contribution is -0.122. The lowest BCUT2D eigenvalue weighted by Crippen LogP contribution is -2.50. The van der Waals surface area contributed by atoms with E-state index in [-0.39, 0.29) is 11.9 Å². The maximum atomic E-state index is 12.1. The van der Waals surface area contributed by atoms with Gasteiger partial charge in [0.05, 0.1) is 31.5 Å². The standard InChI is InChI=1S/C15H24N4O2/c1-18-9-12(8-16-18)4-5-15(20)17-13-10-21-11-14(13)19-6-2-3-7-19/h8-9,13-14H,2-7,10-11H2,1H3,(H,17,20)/t13-,14-/m0/s1. The van der Waals surface area contributed by atoms with Crippen molar-refractivity contribution >= 4 is 5.91 Å². The zero-order valence-electron chi connectivity index (χ0n) is 12.6. The molecule has 2 saturated heterocycles. The highest BCUT2D eigenvalue weighted by Crippen LogP contribution is 2.19. The average molecular weight is 292 g/mol. The zero-order valence-corrected chi connectivity index (χ0v) is 12.6. The molecule has 21 heavy (non-hydrogen) atoms. The zero-order chi connectivity index (χ0) is 14.7. The van der Waals surface area contributed by atoms with Crippen LogP contribution in [-0.2, 0) is 23.0 Å². The van der Waals surface area contributed by atoms with Crippen LogP contribution in [0, 0.1) is 0 Å². The van der Waals surface area contributed by atoms with Crippen molar-refractivity contribution in [2.75, 3.05) is 26.3 Å². The fraction of sp³-hybridized carbons (Fsp3) is 0.733. The van der Waals surface area contributed by atoms with E-state index in [0.717, 1.165) is 31.7 Å². The Morgan fingerprint density at radius 2 is 2.24 bits per heavy atom. The smallest absolute Gasteiger partial charge is 0.220 e. The molecule has 0 bridgehead atoms. The summed E-state index contributed by atoms with van der Waals surface area (Å²) in [6.07, 6.45) is 7.55. The van der Waals surface area contributed by atoms with Crippen LogP contribution in [0.4, 0.5) is 0 Å². The van der Waals surface area contributed by atoms with E-state index in [4.69, 9.17) is 4.74 Å². The summed E-state index contributed by atoms with van der Waals surface area (Å²) in [6.45, 7) is 3.65. The molecule has 0 radical (unpaired) electrons. The molecule has 6 heteroatoms. The van der Waals surface area contributed by atoms with E-state index in [2.05, 4.69) is 15.3 Å². The largest absolute Gasteiger partial charge is 0.378 e. The van der Waals surface area contributed by atoms with Gasteiger partial charge in [0.1, 0.15) is 0 Å². The van der Waals surface area contributed by atoms with Crippen molar-refractivity contribution in [2.45, 2.75) is 37.8 Å². The molecule has 0 unspecified atom stereocenters. The maximum absolute atomic E-state index is 12.1. The van der Waals surface area contributed by atoms with Gasteiger partial charge in [0.15, 0.2) is 0 Å². The molecule has 0 spiro atoms. The van der Waals surface area contributed by atoms with Gasteiger partial charge in [0.25, 0.3) is 0 Å². The van der Waals surface area contributed by atoms with Gasteiger partial charge in [-0.2, -0.15) is 5.10 Å². The fourth-order valence-corrected chi connectivity index (χ4v) is 3.25. The van der Waals surface area contributed by atoms with Crippen LogP contribution in [0.1, 0.15) is 24.8 Å². The van der Waals surface area contributed by atoms with Gasteiger partial charge < -0.3 is 10.1 Å². The molecule has 0 aromatic carbocycles. The number of hydrogen-bond acceptors (Lipinski definition) is 4. The summed E-state index contributed by atoms with van der Waals surface area (Å²) >= 11 is 0. The summed E-state index contributed by atoms with van der Waals surface area (Å²) in [7, 11) is 1.89. The van der Waals surface area contributed by atoms with Gasteiger partial charge in [-0.25, -0.2) is 0 Å². The maximum Gasteiger partial charge on any atom is 0.220 e. The molecule has 1 amide bonds. The highest BCUT2D eigenvalue weighted by Gasteiger charge is 2.35. The van der Waals surface area contributed by atoms with E-state index in [1.54, 1.807) is 4.68 Å². The van der Waals surface area contributed by atoms with Crippen molar-refractivity contribution in [3.05, 3.63) is 18.0 Å². The molecule has 1 aromatic heterocycles.